The SMILES string of the molecule is Nc1ncc(Cl)c(-c2cnc(-c3ccc(F)cc3)s2)n1. The third-order valence-corrected chi connectivity index (χ3v) is 3.92. The fourth-order valence-electron chi connectivity index (χ4n) is 1.66. The Morgan fingerprint density at radius 1 is 1.10 bits per heavy atom. The summed E-state index contributed by atoms with van der Waals surface area (Å²) in [5, 5.41) is 1.17. The average molecular weight is 307 g/mol. The molecule has 20 heavy (non-hydrogen) atoms. The van der Waals surface area contributed by atoms with Crippen molar-refractivity contribution < 1.29 is 4.39 Å². The number of anilines is 1. The van der Waals surface area contributed by atoms with Crippen LogP contribution < -0.4 is 5.73 Å². The smallest absolute Gasteiger partial charge is 0.220 e. The Kier molecular flexibility index (Phi) is 3.33. The number of hydrogen-bond donors (Lipinski definition) is 1. The molecule has 2 aromatic heterocycles. The molecule has 3 aromatic rings. The van der Waals surface area contributed by atoms with Crippen LogP contribution in [0.2, 0.25) is 5.02 Å². The molecule has 0 saturated heterocycles. The van der Waals surface area contributed by atoms with Gasteiger partial charge in [0, 0.05) is 11.8 Å². The number of halogens is 2. The molecule has 0 spiro atoms. The van der Waals surface area contributed by atoms with E-state index in [0.29, 0.717) is 10.7 Å². The third-order valence-electron chi connectivity index (χ3n) is 2.59. The highest BCUT2D eigenvalue weighted by atomic mass is 35.5. The number of hydrogen-bond acceptors (Lipinski definition) is 5. The fourth-order valence-corrected chi connectivity index (χ4v) is 2.84. The van der Waals surface area contributed by atoms with Gasteiger partial charge in [0.2, 0.25) is 5.95 Å². The summed E-state index contributed by atoms with van der Waals surface area (Å²) in [5.74, 6) is -0.127. The van der Waals surface area contributed by atoms with Crippen LogP contribution >= 0.6 is 22.9 Å². The van der Waals surface area contributed by atoms with Crippen LogP contribution in [0.3, 0.4) is 0 Å². The summed E-state index contributed by atoms with van der Waals surface area (Å²) in [5.41, 5.74) is 6.94. The van der Waals surface area contributed by atoms with Gasteiger partial charge in [-0.05, 0) is 24.3 Å². The molecule has 2 heterocycles. The minimum atomic E-state index is -0.280. The van der Waals surface area contributed by atoms with Gasteiger partial charge in [0.05, 0.1) is 16.1 Å². The third kappa shape index (κ3) is 2.48. The topological polar surface area (TPSA) is 64.7 Å². The van der Waals surface area contributed by atoms with Gasteiger partial charge in [-0.1, -0.05) is 11.6 Å². The van der Waals surface area contributed by atoms with Gasteiger partial charge in [0.15, 0.2) is 0 Å². The summed E-state index contributed by atoms with van der Waals surface area (Å²) in [6.45, 7) is 0. The summed E-state index contributed by atoms with van der Waals surface area (Å²) < 4.78 is 12.9. The lowest BCUT2D eigenvalue weighted by atomic mass is 10.2. The Labute approximate surface area is 123 Å². The first kappa shape index (κ1) is 13.0. The van der Waals surface area contributed by atoms with E-state index in [1.54, 1.807) is 18.3 Å². The lowest BCUT2D eigenvalue weighted by Gasteiger charge is -1.99. The fraction of sp³-hybridized carbons (Fsp3) is 0. The Balaban J connectivity index is 2.01. The predicted molar refractivity (Wildman–Crippen MR) is 78.0 cm³/mol. The molecule has 1 aromatic carbocycles. The Morgan fingerprint density at radius 2 is 1.85 bits per heavy atom. The predicted octanol–water partition coefficient (Wildman–Crippen LogP) is 3.64. The summed E-state index contributed by atoms with van der Waals surface area (Å²) in [4.78, 5) is 13.0. The van der Waals surface area contributed by atoms with Crippen molar-refractivity contribution >= 4 is 28.9 Å². The van der Waals surface area contributed by atoms with Crippen LogP contribution in [0, 0.1) is 5.82 Å². The molecule has 0 radical (unpaired) electrons. The quantitative estimate of drug-likeness (QED) is 0.785. The van der Waals surface area contributed by atoms with Gasteiger partial charge < -0.3 is 5.73 Å². The largest absolute Gasteiger partial charge is 0.368 e. The Hall–Kier alpha value is -2.05. The molecule has 100 valence electrons. The highest BCUT2D eigenvalue weighted by molar-refractivity contribution is 7.18. The second-order valence-electron chi connectivity index (χ2n) is 3.96. The summed E-state index contributed by atoms with van der Waals surface area (Å²) in [7, 11) is 0. The molecule has 0 aliphatic heterocycles. The molecule has 0 saturated carbocycles. The zero-order chi connectivity index (χ0) is 14.1. The second kappa shape index (κ2) is 5.15. The van der Waals surface area contributed by atoms with Gasteiger partial charge in [-0.3, -0.25) is 0 Å². The minimum Gasteiger partial charge on any atom is -0.368 e. The van der Waals surface area contributed by atoms with Crippen molar-refractivity contribution in [2.75, 3.05) is 5.73 Å². The standard InChI is InChI=1S/C13H8ClFN4S/c14-9-5-18-13(16)19-11(9)10-6-17-12(20-10)7-1-3-8(15)4-2-7/h1-6H,(H2,16,18,19). The van der Waals surface area contributed by atoms with E-state index >= 15 is 0 Å². The van der Waals surface area contributed by atoms with Crippen molar-refractivity contribution in [1.82, 2.24) is 15.0 Å². The normalized spacial score (nSPS) is 10.7. The molecule has 0 amide bonds. The molecular weight excluding hydrogens is 299 g/mol. The van der Waals surface area contributed by atoms with Crippen molar-refractivity contribution in [2.45, 2.75) is 0 Å². The van der Waals surface area contributed by atoms with Crippen LogP contribution in [0.25, 0.3) is 21.1 Å². The van der Waals surface area contributed by atoms with E-state index in [4.69, 9.17) is 17.3 Å². The molecular formula is C13H8ClFN4S. The molecule has 0 aliphatic rings. The van der Waals surface area contributed by atoms with Crippen molar-refractivity contribution in [3.63, 3.8) is 0 Å². The van der Waals surface area contributed by atoms with Crippen LogP contribution in [0.4, 0.5) is 10.3 Å². The Bertz CT molecular complexity index is 757. The number of thiazole rings is 1. The van der Waals surface area contributed by atoms with Crippen LogP contribution in [-0.4, -0.2) is 15.0 Å². The number of nitrogens with zero attached hydrogens (tertiary/aromatic N) is 3. The van der Waals surface area contributed by atoms with E-state index in [9.17, 15) is 4.39 Å². The molecule has 3 rings (SSSR count). The van der Waals surface area contributed by atoms with Crippen LogP contribution in [0.1, 0.15) is 0 Å². The van der Waals surface area contributed by atoms with Crippen molar-refractivity contribution in [1.29, 1.82) is 0 Å². The van der Waals surface area contributed by atoms with Crippen LogP contribution in [0.5, 0.6) is 0 Å². The first-order valence-corrected chi connectivity index (χ1v) is 6.83. The van der Waals surface area contributed by atoms with Gasteiger partial charge in [-0.2, -0.15) is 0 Å². The van der Waals surface area contributed by atoms with E-state index in [-0.39, 0.29) is 11.8 Å². The monoisotopic (exact) mass is 306 g/mol. The van der Waals surface area contributed by atoms with Gasteiger partial charge in [0.1, 0.15) is 16.5 Å². The molecule has 0 unspecified atom stereocenters. The van der Waals surface area contributed by atoms with Crippen molar-refractivity contribution in [2.24, 2.45) is 0 Å². The van der Waals surface area contributed by atoms with Crippen LogP contribution in [0.15, 0.2) is 36.7 Å². The highest BCUT2D eigenvalue weighted by Gasteiger charge is 2.12. The van der Waals surface area contributed by atoms with E-state index in [2.05, 4.69) is 15.0 Å². The number of nitrogen functional groups attached to an aromatic ring is 1. The van der Waals surface area contributed by atoms with Gasteiger partial charge in [0.25, 0.3) is 0 Å². The van der Waals surface area contributed by atoms with Crippen molar-refractivity contribution in [3.05, 3.63) is 47.5 Å². The molecule has 0 atom stereocenters. The first-order valence-electron chi connectivity index (χ1n) is 5.63. The maximum absolute atomic E-state index is 12.9. The number of aromatic nitrogens is 3. The van der Waals surface area contributed by atoms with Gasteiger partial charge in [-0.15, -0.1) is 11.3 Å². The lowest BCUT2D eigenvalue weighted by molar-refractivity contribution is 0.628. The maximum Gasteiger partial charge on any atom is 0.220 e. The maximum atomic E-state index is 12.9. The number of nitrogens with two attached hydrogens (primary N) is 1. The molecule has 0 fully saturated rings. The Morgan fingerprint density at radius 3 is 2.60 bits per heavy atom. The first-order chi connectivity index (χ1) is 9.63. The molecule has 7 heteroatoms. The molecule has 0 aliphatic carbocycles. The van der Waals surface area contributed by atoms with E-state index in [1.807, 2.05) is 0 Å². The summed E-state index contributed by atoms with van der Waals surface area (Å²) >= 11 is 7.46. The highest BCUT2D eigenvalue weighted by Crippen LogP contribution is 2.34. The van der Waals surface area contributed by atoms with Crippen LogP contribution in [-0.2, 0) is 0 Å². The van der Waals surface area contributed by atoms with E-state index in [0.717, 1.165) is 15.4 Å². The van der Waals surface area contributed by atoms with E-state index < -0.39 is 0 Å². The zero-order valence-corrected chi connectivity index (χ0v) is 11.6. The van der Waals surface area contributed by atoms with Crippen molar-refractivity contribution in [3.8, 4) is 21.1 Å². The zero-order valence-electron chi connectivity index (χ0n) is 10.0. The summed E-state index contributed by atoms with van der Waals surface area (Å²) in [6, 6.07) is 6.14. The lowest BCUT2D eigenvalue weighted by Crippen LogP contribution is -1.95. The molecule has 4 nitrogen and oxygen atoms in total. The van der Waals surface area contributed by atoms with Gasteiger partial charge in [-0.25, -0.2) is 19.3 Å². The molecule has 0 bridgehead atoms. The average Bonchev–Trinajstić information content (AvgIpc) is 2.92. The number of benzene rings is 1. The minimum absolute atomic E-state index is 0.154. The summed E-state index contributed by atoms with van der Waals surface area (Å²) in [6.07, 6.45) is 3.12. The number of rotatable bonds is 2. The van der Waals surface area contributed by atoms with E-state index in [1.165, 1.54) is 29.7 Å². The second-order valence-corrected chi connectivity index (χ2v) is 5.40. The molecule has 2 N–H and O–H groups in total. The van der Waals surface area contributed by atoms with Gasteiger partial charge >= 0.3 is 0 Å².